The van der Waals surface area contributed by atoms with E-state index in [9.17, 15) is 4.79 Å². The van der Waals surface area contributed by atoms with Crippen molar-refractivity contribution in [3.05, 3.63) is 59.8 Å². The molecule has 3 rings (SSSR count). The molecule has 2 aromatic rings. The Hall–Kier alpha value is -2.36. The lowest BCUT2D eigenvalue weighted by Gasteiger charge is -2.32. The van der Waals surface area contributed by atoms with Crippen molar-refractivity contribution in [2.45, 2.75) is 39.5 Å². The first kappa shape index (κ1) is 19.4. The van der Waals surface area contributed by atoms with Crippen molar-refractivity contribution in [2.75, 3.05) is 25.0 Å². The first-order valence-electron chi connectivity index (χ1n) is 10.1. The van der Waals surface area contributed by atoms with Crippen LogP contribution in [0.15, 0.2) is 48.7 Å². The van der Waals surface area contributed by atoms with Crippen LogP contribution in [0.25, 0.3) is 0 Å². The van der Waals surface area contributed by atoms with Gasteiger partial charge in [-0.2, -0.15) is 0 Å². The molecule has 0 atom stereocenters. The summed E-state index contributed by atoms with van der Waals surface area (Å²) in [6.45, 7) is 7.00. The molecule has 1 aromatic heterocycles. The minimum Gasteiger partial charge on any atom is -0.370 e. The standard InChI is InChI=1S/C23H31N3O/c1-18(2)10-13-24-22-9-8-21(17-25-22)23(27)26-14-11-20(12-15-26)16-19-6-4-3-5-7-19/h3-9,17-18,20H,10-16H2,1-2H3,(H,24,25). The molecule has 0 radical (unpaired) electrons. The fourth-order valence-corrected chi connectivity index (χ4v) is 3.58. The van der Waals surface area contributed by atoms with Crippen LogP contribution < -0.4 is 5.32 Å². The molecule has 2 heterocycles. The minimum atomic E-state index is 0.106. The number of likely N-dealkylation sites (tertiary alicyclic amines) is 1. The first-order chi connectivity index (χ1) is 13.1. The summed E-state index contributed by atoms with van der Waals surface area (Å²) < 4.78 is 0. The summed E-state index contributed by atoms with van der Waals surface area (Å²) >= 11 is 0. The van der Waals surface area contributed by atoms with Gasteiger partial charge in [0.15, 0.2) is 0 Å². The van der Waals surface area contributed by atoms with Crippen molar-refractivity contribution in [2.24, 2.45) is 11.8 Å². The smallest absolute Gasteiger partial charge is 0.255 e. The van der Waals surface area contributed by atoms with Crippen LogP contribution in [0.4, 0.5) is 5.82 Å². The second-order valence-corrected chi connectivity index (χ2v) is 7.97. The Labute approximate surface area is 163 Å². The van der Waals surface area contributed by atoms with E-state index in [-0.39, 0.29) is 5.91 Å². The summed E-state index contributed by atoms with van der Waals surface area (Å²) in [7, 11) is 0. The molecule has 0 spiro atoms. The molecule has 0 unspecified atom stereocenters. The van der Waals surface area contributed by atoms with Crippen molar-refractivity contribution in [1.82, 2.24) is 9.88 Å². The Morgan fingerprint density at radius 1 is 1.15 bits per heavy atom. The number of amides is 1. The maximum atomic E-state index is 12.7. The number of anilines is 1. The molecule has 1 aliphatic rings. The third-order valence-electron chi connectivity index (χ3n) is 5.31. The predicted octanol–water partition coefficient (Wildman–Crippen LogP) is 4.63. The van der Waals surface area contributed by atoms with Crippen LogP contribution in [-0.4, -0.2) is 35.4 Å². The number of piperidine rings is 1. The number of rotatable bonds is 7. The van der Waals surface area contributed by atoms with Crippen molar-refractivity contribution in [3.8, 4) is 0 Å². The van der Waals surface area contributed by atoms with Gasteiger partial charge in [0.1, 0.15) is 5.82 Å². The van der Waals surface area contributed by atoms with Gasteiger partial charge in [0.2, 0.25) is 0 Å². The second-order valence-electron chi connectivity index (χ2n) is 7.97. The number of carbonyl (C=O) groups is 1. The lowest BCUT2D eigenvalue weighted by atomic mass is 9.90. The van der Waals surface area contributed by atoms with Gasteiger partial charge in [-0.15, -0.1) is 0 Å². The largest absolute Gasteiger partial charge is 0.370 e. The molecular formula is C23H31N3O. The molecule has 0 bridgehead atoms. The molecule has 1 saturated heterocycles. The Morgan fingerprint density at radius 2 is 1.89 bits per heavy atom. The van der Waals surface area contributed by atoms with Crippen molar-refractivity contribution in [3.63, 3.8) is 0 Å². The fourth-order valence-electron chi connectivity index (χ4n) is 3.58. The molecule has 27 heavy (non-hydrogen) atoms. The van der Waals surface area contributed by atoms with Crippen LogP contribution in [-0.2, 0) is 6.42 Å². The normalized spacial score (nSPS) is 15.1. The maximum absolute atomic E-state index is 12.7. The molecule has 1 aliphatic heterocycles. The topological polar surface area (TPSA) is 45.2 Å². The molecule has 1 amide bonds. The lowest BCUT2D eigenvalue weighted by molar-refractivity contribution is 0.0690. The van der Waals surface area contributed by atoms with Crippen LogP contribution >= 0.6 is 0 Å². The van der Waals surface area contributed by atoms with E-state index in [1.807, 2.05) is 17.0 Å². The monoisotopic (exact) mass is 365 g/mol. The predicted molar refractivity (Wildman–Crippen MR) is 111 cm³/mol. The van der Waals surface area contributed by atoms with Crippen molar-refractivity contribution >= 4 is 11.7 Å². The van der Waals surface area contributed by atoms with E-state index in [1.165, 1.54) is 5.56 Å². The van der Waals surface area contributed by atoms with Gasteiger partial charge in [0, 0.05) is 25.8 Å². The SMILES string of the molecule is CC(C)CCNc1ccc(C(=O)N2CCC(Cc3ccccc3)CC2)cn1. The minimum absolute atomic E-state index is 0.106. The quantitative estimate of drug-likeness (QED) is 0.778. The van der Waals surface area contributed by atoms with E-state index >= 15 is 0 Å². The molecule has 0 aliphatic carbocycles. The van der Waals surface area contributed by atoms with Crippen LogP contribution in [0.1, 0.15) is 49.0 Å². The summed E-state index contributed by atoms with van der Waals surface area (Å²) in [5.41, 5.74) is 2.08. The Bertz CT molecular complexity index is 704. The number of hydrogen-bond acceptors (Lipinski definition) is 3. The van der Waals surface area contributed by atoms with Gasteiger partial charge in [0.25, 0.3) is 5.91 Å². The van der Waals surface area contributed by atoms with Crippen molar-refractivity contribution in [1.29, 1.82) is 0 Å². The average molecular weight is 366 g/mol. The number of aromatic nitrogens is 1. The van der Waals surface area contributed by atoms with Crippen molar-refractivity contribution < 1.29 is 4.79 Å². The van der Waals surface area contributed by atoms with Gasteiger partial charge < -0.3 is 10.2 Å². The van der Waals surface area contributed by atoms with Gasteiger partial charge in [-0.25, -0.2) is 4.98 Å². The number of pyridine rings is 1. The highest BCUT2D eigenvalue weighted by Gasteiger charge is 2.24. The van der Waals surface area contributed by atoms with E-state index < -0.39 is 0 Å². The maximum Gasteiger partial charge on any atom is 0.255 e. The summed E-state index contributed by atoms with van der Waals surface area (Å²) in [6, 6.07) is 14.5. The third-order valence-corrected chi connectivity index (χ3v) is 5.31. The zero-order valence-corrected chi connectivity index (χ0v) is 16.5. The molecule has 4 heteroatoms. The zero-order valence-electron chi connectivity index (χ0n) is 16.5. The molecular weight excluding hydrogens is 334 g/mol. The van der Waals surface area contributed by atoms with Gasteiger partial charge >= 0.3 is 0 Å². The van der Waals surface area contributed by atoms with E-state index in [4.69, 9.17) is 0 Å². The summed E-state index contributed by atoms with van der Waals surface area (Å²) in [6.07, 6.45) is 6.07. The molecule has 1 aromatic carbocycles. The molecule has 1 fully saturated rings. The molecule has 4 nitrogen and oxygen atoms in total. The average Bonchev–Trinajstić information content (AvgIpc) is 2.69. The molecule has 0 saturated carbocycles. The first-order valence-corrected chi connectivity index (χ1v) is 10.1. The molecule has 144 valence electrons. The number of carbonyl (C=O) groups excluding carboxylic acids is 1. The Balaban J connectivity index is 1.47. The van der Waals surface area contributed by atoms with Crippen LogP contribution in [0.2, 0.25) is 0 Å². The zero-order chi connectivity index (χ0) is 19.1. The Kier molecular flexibility index (Phi) is 6.86. The number of nitrogens with one attached hydrogen (secondary N) is 1. The van der Waals surface area contributed by atoms with E-state index in [0.717, 1.165) is 51.1 Å². The van der Waals surface area contributed by atoms with E-state index in [2.05, 4.69) is 54.5 Å². The highest BCUT2D eigenvalue weighted by Crippen LogP contribution is 2.23. The summed E-state index contributed by atoms with van der Waals surface area (Å²) in [5, 5.41) is 3.31. The van der Waals surface area contributed by atoms with E-state index in [0.29, 0.717) is 17.4 Å². The van der Waals surface area contributed by atoms with Gasteiger partial charge in [-0.3, -0.25) is 4.79 Å². The number of hydrogen-bond donors (Lipinski definition) is 1. The fraction of sp³-hybridized carbons (Fsp3) is 0.478. The Morgan fingerprint density at radius 3 is 2.52 bits per heavy atom. The summed E-state index contributed by atoms with van der Waals surface area (Å²) in [4.78, 5) is 19.1. The van der Waals surface area contributed by atoms with Gasteiger partial charge in [-0.05, 0) is 55.2 Å². The highest BCUT2D eigenvalue weighted by atomic mass is 16.2. The second kappa shape index (κ2) is 9.54. The van der Waals surface area contributed by atoms with Gasteiger partial charge in [-0.1, -0.05) is 44.2 Å². The van der Waals surface area contributed by atoms with Crippen LogP contribution in [0.3, 0.4) is 0 Å². The summed E-state index contributed by atoms with van der Waals surface area (Å²) in [5.74, 6) is 2.29. The van der Waals surface area contributed by atoms with Gasteiger partial charge in [0.05, 0.1) is 5.56 Å². The van der Waals surface area contributed by atoms with Crippen LogP contribution in [0.5, 0.6) is 0 Å². The highest BCUT2D eigenvalue weighted by molar-refractivity contribution is 5.94. The third kappa shape index (κ3) is 5.81. The lowest BCUT2D eigenvalue weighted by Crippen LogP contribution is -2.39. The number of nitrogens with zero attached hydrogens (tertiary/aromatic N) is 2. The van der Waals surface area contributed by atoms with Crippen LogP contribution in [0, 0.1) is 11.8 Å². The van der Waals surface area contributed by atoms with E-state index in [1.54, 1.807) is 6.20 Å². The number of benzene rings is 1. The molecule has 1 N–H and O–H groups in total.